The number of unbranched alkanes of at least 4 members (excludes halogenated alkanes) is 8. The number of hydrogen-bond acceptors (Lipinski definition) is 8. The summed E-state index contributed by atoms with van der Waals surface area (Å²) < 4.78 is 13.6. The largest absolute Gasteiger partial charge is 0.465 e. The first-order valence-electron chi connectivity index (χ1n) is 20.2. The monoisotopic (exact) mass is 758 g/mol. The zero-order chi connectivity index (χ0) is 39.6. The quantitative estimate of drug-likeness (QED) is 0.0407. The topological polar surface area (TPSA) is 160 Å². The summed E-state index contributed by atoms with van der Waals surface area (Å²) in [5.41, 5.74) is 2.78. The van der Waals surface area contributed by atoms with E-state index in [0.717, 1.165) is 24.1 Å². The fourth-order valence-corrected chi connectivity index (χ4v) is 6.41. The van der Waals surface area contributed by atoms with Gasteiger partial charge < -0.3 is 25.2 Å². The van der Waals surface area contributed by atoms with Gasteiger partial charge in [0.1, 0.15) is 5.75 Å². The molecule has 4 N–H and O–H groups in total. The lowest BCUT2D eigenvalue weighted by atomic mass is 9.92. The molecule has 1 atom stereocenters. The summed E-state index contributed by atoms with van der Waals surface area (Å²) >= 11 is 0. The van der Waals surface area contributed by atoms with Crippen LogP contribution in [0, 0.1) is 5.92 Å². The number of carbonyl (C=O) groups excluding carboxylic acids is 3. The van der Waals surface area contributed by atoms with E-state index in [-0.39, 0.29) is 49.2 Å². The number of nitrogens with zero attached hydrogens (tertiary/aromatic N) is 3. The van der Waals surface area contributed by atoms with Gasteiger partial charge in [-0.15, -0.1) is 9.73 Å². The van der Waals surface area contributed by atoms with Crippen LogP contribution in [0.2, 0.25) is 0 Å². The molecule has 12 nitrogen and oxygen atoms in total. The third-order valence-corrected chi connectivity index (χ3v) is 9.63. The first-order valence-corrected chi connectivity index (χ1v) is 20.2. The highest BCUT2D eigenvalue weighted by molar-refractivity contribution is 5.94. The van der Waals surface area contributed by atoms with Gasteiger partial charge in [-0.25, -0.2) is 4.98 Å². The van der Waals surface area contributed by atoms with E-state index in [0.29, 0.717) is 46.7 Å². The zero-order valence-electron chi connectivity index (χ0n) is 33.5. The Morgan fingerprint density at radius 2 is 1.49 bits per heavy atom. The van der Waals surface area contributed by atoms with Gasteiger partial charge in [-0.1, -0.05) is 98.8 Å². The summed E-state index contributed by atoms with van der Waals surface area (Å²) in [5.74, 6) is 1.03. The lowest BCUT2D eigenvalue weighted by Gasteiger charge is -2.18. The number of nitrogens with one attached hydrogen (secondary N) is 3. The molecule has 0 aliphatic rings. The molecular formula is C43H62N6O6. The average molecular weight is 759 g/mol. The van der Waals surface area contributed by atoms with Gasteiger partial charge in [-0.05, 0) is 67.3 Å². The van der Waals surface area contributed by atoms with Crippen molar-refractivity contribution < 1.29 is 29.0 Å². The highest BCUT2D eigenvalue weighted by Gasteiger charge is 2.27. The van der Waals surface area contributed by atoms with Crippen LogP contribution in [0.3, 0.4) is 0 Å². The third kappa shape index (κ3) is 13.8. The van der Waals surface area contributed by atoms with E-state index >= 15 is 0 Å². The Morgan fingerprint density at radius 3 is 2.13 bits per heavy atom. The van der Waals surface area contributed by atoms with Crippen LogP contribution >= 0.6 is 0 Å². The molecule has 300 valence electrons. The Hall–Kier alpha value is -4.71. The standard InChI is InChI=1S/C43H62N6O6/c1-6-8-10-12-13-15-17-31(16-14-11-9-7-2)30-54-37(52)27-26-36(51)45-34-22-18-32(19-23-34)40-46-41-38(39(43(3,4)5)47-49(41)48-40)55-35-24-20-33(21-25-35)42(53)44-28-29-50/h18-25,31,47,50H,6-17,26-30H2,1-5H3,(H,44,53)(H,45,51). The van der Waals surface area contributed by atoms with E-state index in [1.54, 1.807) is 41.0 Å². The van der Waals surface area contributed by atoms with Gasteiger partial charge in [-0.2, -0.15) is 0 Å². The molecule has 2 heterocycles. The van der Waals surface area contributed by atoms with Crippen molar-refractivity contribution in [3.8, 4) is 22.9 Å². The van der Waals surface area contributed by atoms with E-state index in [4.69, 9.17) is 19.6 Å². The maximum Gasteiger partial charge on any atom is 0.306 e. The molecule has 2 aromatic heterocycles. The molecule has 4 rings (SSSR count). The van der Waals surface area contributed by atoms with Crippen molar-refractivity contribution in [2.24, 2.45) is 5.92 Å². The number of rotatable bonds is 24. The summed E-state index contributed by atoms with van der Waals surface area (Å²) in [6.07, 6.45) is 14.6. The van der Waals surface area contributed by atoms with Crippen LogP contribution in [0.4, 0.5) is 5.69 Å². The molecule has 0 bridgehead atoms. The number of esters is 1. The number of carbonyl (C=O) groups is 3. The molecule has 4 aromatic rings. The van der Waals surface area contributed by atoms with Crippen LogP contribution in [-0.4, -0.2) is 62.5 Å². The van der Waals surface area contributed by atoms with Crippen molar-refractivity contribution in [2.75, 3.05) is 25.1 Å². The summed E-state index contributed by atoms with van der Waals surface area (Å²) in [4.78, 5) is 42.4. The Bertz CT molecular complexity index is 1770. The van der Waals surface area contributed by atoms with Gasteiger partial charge in [0.15, 0.2) is 11.6 Å². The molecular weight excluding hydrogens is 697 g/mol. The molecule has 0 spiro atoms. The molecule has 0 radical (unpaired) electrons. The van der Waals surface area contributed by atoms with Crippen LogP contribution in [-0.2, 0) is 19.7 Å². The molecule has 0 aliphatic carbocycles. The number of amides is 2. The minimum absolute atomic E-state index is 0.0409. The number of aliphatic hydroxyl groups excluding tert-OH is 1. The Balaban J connectivity index is 1.31. The minimum atomic E-state index is -0.329. The van der Waals surface area contributed by atoms with Crippen molar-refractivity contribution in [1.82, 2.24) is 25.1 Å². The minimum Gasteiger partial charge on any atom is -0.465 e. The zero-order valence-corrected chi connectivity index (χ0v) is 33.5. The summed E-state index contributed by atoms with van der Waals surface area (Å²) in [7, 11) is 0. The fraction of sp³-hybridized carbons (Fsp3) is 0.558. The van der Waals surface area contributed by atoms with Crippen LogP contribution in [0.1, 0.15) is 141 Å². The molecule has 12 heteroatoms. The highest BCUT2D eigenvalue weighted by atomic mass is 16.5. The maximum absolute atomic E-state index is 12.7. The van der Waals surface area contributed by atoms with E-state index < -0.39 is 0 Å². The molecule has 0 saturated heterocycles. The highest BCUT2D eigenvalue weighted by Crippen LogP contribution is 2.37. The second kappa shape index (κ2) is 22.0. The SMILES string of the molecule is CCCCCCCCC(CCCCCC)COC(=O)CCC(=O)Nc1ccc(-c2nc3c(Oc4ccc(C(=O)NCCO)cc4)c(C(C)(C)C)[nH]n3n2)cc1. The Labute approximate surface area is 326 Å². The number of H-pyrrole nitrogens is 1. The van der Waals surface area contributed by atoms with Gasteiger partial charge in [0.25, 0.3) is 5.91 Å². The number of aromatic amines is 1. The van der Waals surface area contributed by atoms with Crippen molar-refractivity contribution in [2.45, 2.75) is 130 Å². The second-order valence-corrected chi connectivity index (χ2v) is 15.4. The number of ether oxygens (including phenoxy) is 2. The number of fused-ring (bicyclic) bond motifs is 1. The van der Waals surface area contributed by atoms with Crippen molar-refractivity contribution in [3.05, 3.63) is 59.8 Å². The van der Waals surface area contributed by atoms with Crippen LogP contribution < -0.4 is 15.4 Å². The second-order valence-electron chi connectivity index (χ2n) is 15.4. The molecule has 1 unspecified atom stereocenters. The normalized spacial score (nSPS) is 12.1. The van der Waals surface area contributed by atoms with Crippen LogP contribution in [0.5, 0.6) is 11.5 Å². The first kappa shape index (κ1) is 43.0. The number of hydrogen-bond donors (Lipinski definition) is 4. The van der Waals surface area contributed by atoms with Gasteiger partial charge >= 0.3 is 5.97 Å². The van der Waals surface area contributed by atoms with Crippen LogP contribution in [0.15, 0.2) is 48.5 Å². The van der Waals surface area contributed by atoms with Gasteiger partial charge in [0, 0.05) is 35.2 Å². The summed E-state index contributed by atoms with van der Waals surface area (Å²) in [5, 5.41) is 22.5. The average Bonchev–Trinajstić information content (AvgIpc) is 3.74. The van der Waals surface area contributed by atoms with E-state index in [9.17, 15) is 14.4 Å². The van der Waals surface area contributed by atoms with E-state index in [1.807, 2.05) is 12.1 Å². The predicted octanol–water partition coefficient (Wildman–Crippen LogP) is 9.14. The van der Waals surface area contributed by atoms with Gasteiger partial charge in [0.2, 0.25) is 11.6 Å². The number of aliphatic hydroxyl groups is 1. The molecule has 55 heavy (non-hydrogen) atoms. The van der Waals surface area contributed by atoms with E-state index in [1.165, 1.54) is 64.2 Å². The summed E-state index contributed by atoms with van der Waals surface area (Å²) in [6, 6.07) is 14.0. The van der Waals surface area contributed by atoms with Crippen molar-refractivity contribution in [3.63, 3.8) is 0 Å². The predicted molar refractivity (Wildman–Crippen MR) is 216 cm³/mol. The number of anilines is 1. The lowest BCUT2D eigenvalue weighted by Crippen LogP contribution is -2.26. The molecule has 0 saturated carbocycles. The molecule has 0 aliphatic heterocycles. The molecule has 2 amide bonds. The van der Waals surface area contributed by atoms with Crippen molar-refractivity contribution in [1.29, 1.82) is 0 Å². The molecule has 0 fully saturated rings. The van der Waals surface area contributed by atoms with Gasteiger partial charge in [-0.3, -0.25) is 19.5 Å². The Morgan fingerprint density at radius 1 is 0.855 bits per heavy atom. The lowest BCUT2D eigenvalue weighted by molar-refractivity contribution is -0.146. The molecule has 2 aromatic carbocycles. The fourth-order valence-electron chi connectivity index (χ4n) is 6.41. The summed E-state index contributed by atoms with van der Waals surface area (Å²) in [6.45, 7) is 11.1. The van der Waals surface area contributed by atoms with Gasteiger partial charge in [0.05, 0.1) is 25.3 Å². The third-order valence-electron chi connectivity index (χ3n) is 9.63. The smallest absolute Gasteiger partial charge is 0.306 e. The Kier molecular flexibility index (Phi) is 17.2. The number of benzene rings is 2. The maximum atomic E-state index is 12.7. The number of aromatic nitrogens is 4. The van der Waals surface area contributed by atoms with Crippen LogP contribution in [0.25, 0.3) is 17.0 Å². The van der Waals surface area contributed by atoms with E-state index in [2.05, 4.69) is 55.4 Å². The van der Waals surface area contributed by atoms with Crippen molar-refractivity contribution >= 4 is 29.1 Å². The first-order chi connectivity index (χ1) is 26.5.